The zero-order chi connectivity index (χ0) is 23.4. The molecule has 0 spiro atoms. The Balaban J connectivity index is 1.33. The molecule has 1 aromatic carbocycles. The molecule has 0 unspecified atom stereocenters. The zero-order valence-electron chi connectivity index (χ0n) is 19.3. The van der Waals surface area contributed by atoms with Crippen molar-refractivity contribution < 1.29 is 12.9 Å². The lowest BCUT2D eigenvalue weighted by atomic mass is 10.1. The Morgan fingerprint density at radius 3 is 2.30 bits per heavy atom. The molecule has 0 amide bonds. The van der Waals surface area contributed by atoms with Gasteiger partial charge in [-0.3, -0.25) is 4.90 Å². The van der Waals surface area contributed by atoms with Crippen molar-refractivity contribution in [2.75, 3.05) is 44.2 Å². The molecular formula is C23H30N6O3S. The molecule has 1 saturated heterocycles. The minimum atomic E-state index is -3.49. The number of anilines is 1. The molecule has 9 nitrogen and oxygen atoms in total. The second-order valence-electron chi connectivity index (χ2n) is 8.08. The lowest BCUT2D eigenvalue weighted by molar-refractivity contribution is 0.215. The predicted molar refractivity (Wildman–Crippen MR) is 126 cm³/mol. The number of benzene rings is 1. The Labute approximate surface area is 195 Å². The smallest absolute Gasteiger partial charge is 0.244 e. The Kier molecular flexibility index (Phi) is 7.06. The number of nitrogens with zero attached hydrogens (tertiary/aromatic N) is 6. The third-order valence-electron chi connectivity index (χ3n) is 5.90. The van der Waals surface area contributed by atoms with Gasteiger partial charge in [-0.05, 0) is 19.1 Å². The van der Waals surface area contributed by atoms with E-state index in [1.165, 1.54) is 16.1 Å². The summed E-state index contributed by atoms with van der Waals surface area (Å²) in [6.07, 6.45) is 1.46. The summed E-state index contributed by atoms with van der Waals surface area (Å²) in [6, 6.07) is 11.5. The number of pyridine rings is 1. The lowest BCUT2D eigenvalue weighted by Gasteiger charge is -2.34. The molecule has 0 radical (unpaired) electrons. The van der Waals surface area contributed by atoms with E-state index < -0.39 is 10.0 Å². The molecule has 10 heteroatoms. The maximum Gasteiger partial charge on any atom is 0.244 e. The number of aromatic nitrogens is 3. The molecule has 0 aliphatic carbocycles. The van der Waals surface area contributed by atoms with Crippen LogP contribution in [0.5, 0.6) is 0 Å². The van der Waals surface area contributed by atoms with Gasteiger partial charge in [-0.1, -0.05) is 48.8 Å². The Hall–Kier alpha value is -2.82. The van der Waals surface area contributed by atoms with Gasteiger partial charge in [0.2, 0.25) is 21.7 Å². The lowest BCUT2D eigenvalue weighted by Crippen LogP contribution is -2.46. The summed E-state index contributed by atoms with van der Waals surface area (Å²) >= 11 is 0. The van der Waals surface area contributed by atoms with Crippen LogP contribution in [0.15, 0.2) is 52.0 Å². The summed E-state index contributed by atoms with van der Waals surface area (Å²) in [5.41, 5.74) is 2.13. The molecule has 1 fully saturated rings. The van der Waals surface area contributed by atoms with Crippen LogP contribution >= 0.6 is 0 Å². The molecule has 2 aromatic heterocycles. The summed E-state index contributed by atoms with van der Waals surface area (Å²) in [5.74, 6) is 1.99. The van der Waals surface area contributed by atoms with E-state index in [4.69, 9.17) is 4.52 Å². The first-order valence-corrected chi connectivity index (χ1v) is 12.7. The van der Waals surface area contributed by atoms with Crippen LogP contribution in [0.2, 0.25) is 0 Å². The van der Waals surface area contributed by atoms with Crippen LogP contribution in [0.25, 0.3) is 11.4 Å². The topological polar surface area (TPSA) is 95.7 Å². The van der Waals surface area contributed by atoms with Gasteiger partial charge in [0.05, 0.1) is 6.54 Å². The molecule has 0 N–H and O–H groups in total. The van der Waals surface area contributed by atoms with Crippen molar-refractivity contribution in [3.05, 3.63) is 54.0 Å². The number of rotatable bonds is 8. The maximum absolute atomic E-state index is 12.7. The highest BCUT2D eigenvalue weighted by atomic mass is 32.2. The van der Waals surface area contributed by atoms with Crippen LogP contribution in [0.1, 0.15) is 25.3 Å². The molecule has 3 aromatic rings. The van der Waals surface area contributed by atoms with E-state index >= 15 is 0 Å². The number of hydrogen-bond donors (Lipinski definition) is 0. The second-order valence-corrected chi connectivity index (χ2v) is 10.0. The van der Waals surface area contributed by atoms with Crippen molar-refractivity contribution in [1.82, 2.24) is 24.3 Å². The summed E-state index contributed by atoms with van der Waals surface area (Å²) in [6.45, 7) is 10.4. The molecule has 0 bridgehead atoms. The van der Waals surface area contributed by atoms with Gasteiger partial charge in [0.25, 0.3) is 0 Å². The van der Waals surface area contributed by atoms with E-state index in [2.05, 4.69) is 24.9 Å². The van der Waals surface area contributed by atoms with Crippen molar-refractivity contribution in [3.63, 3.8) is 0 Å². The molecule has 1 aliphatic heterocycles. The van der Waals surface area contributed by atoms with Gasteiger partial charge in [0, 0.05) is 51.0 Å². The minimum Gasteiger partial charge on any atom is -0.354 e. The van der Waals surface area contributed by atoms with Crippen LogP contribution in [-0.2, 0) is 16.6 Å². The average Bonchev–Trinajstić information content (AvgIpc) is 3.29. The normalized spacial score (nSPS) is 15.3. The van der Waals surface area contributed by atoms with Crippen LogP contribution < -0.4 is 4.90 Å². The van der Waals surface area contributed by atoms with E-state index in [0.717, 1.165) is 37.6 Å². The highest BCUT2D eigenvalue weighted by Crippen LogP contribution is 2.21. The van der Waals surface area contributed by atoms with Gasteiger partial charge < -0.3 is 9.42 Å². The summed E-state index contributed by atoms with van der Waals surface area (Å²) < 4.78 is 32.2. The minimum absolute atomic E-state index is 0.231. The molecule has 176 valence electrons. The summed E-state index contributed by atoms with van der Waals surface area (Å²) in [5, 5.41) is 4.11. The zero-order valence-corrected chi connectivity index (χ0v) is 20.1. The highest BCUT2D eigenvalue weighted by Gasteiger charge is 2.24. The van der Waals surface area contributed by atoms with E-state index in [1.54, 1.807) is 12.1 Å². The van der Waals surface area contributed by atoms with E-state index in [0.29, 0.717) is 31.3 Å². The first kappa shape index (κ1) is 23.3. The van der Waals surface area contributed by atoms with Gasteiger partial charge in [-0.15, -0.1) is 0 Å². The fraction of sp³-hybridized carbons (Fsp3) is 0.435. The fourth-order valence-electron chi connectivity index (χ4n) is 3.89. The van der Waals surface area contributed by atoms with E-state index in [1.807, 2.05) is 45.0 Å². The third kappa shape index (κ3) is 5.23. The van der Waals surface area contributed by atoms with Crippen LogP contribution in [0, 0.1) is 6.92 Å². The fourth-order valence-corrected chi connectivity index (χ4v) is 5.29. The third-order valence-corrected chi connectivity index (χ3v) is 7.93. The van der Waals surface area contributed by atoms with E-state index in [-0.39, 0.29) is 4.90 Å². The second kappa shape index (κ2) is 9.98. The Morgan fingerprint density at radius 1 is 1.00 bits per heavy atom. The summed E-state index contributed by atoms with van der Waals surface area (Å²) in [7, 11) is -3.49. The van der Waals surface area contributed by atoms with Crippen LogP contribution in [0.4, 0.5) is 5.82 Å². The standard InChI is InChI=1S/C23H30N6O3S/c1-4-29(5-2)33(30,31)20-10-11-21(24-16-20)28-14-12-27(13-15-28)17-22-25-23(26-32-22)19-8-6-18(3)7-9-19/h6-11,16H,4-5,12-15,17H2,1-3H3. The molecule has 33 heavy (non-hydrogen) atoms. The van der Waals surface area contributed by atoms with Gasteiger partial charge >= 0.3 is 0 Å². The predicted octanol–water partition coefficient (Wildman–Crippen LogP) is 2.79. The quantitative estimate of drug-likeness (QED) is 0.496. The SMILES string of the molecule is CCN(CC)S(=O)(=O)c1ccc(N2CCN(Cc3nc(-c4ccc(C)cc4)no3)CC2)nc1. The first-order valence-electron chi connectivity index (χ1n) is 11.2. The van der Waals surface area contributed by atoms with Crippen molar-refractivity contribution in [2.24, 2.45) is 0 Å². The Bertz CT molecular complexity index is 1150. The maximum atomic E-state index is 12.7. The van der Waals surface area contributed by atoms with Crippen molar-refractivity contribution in [3.8, 4) is 11.4 Å². The number of sulfonamides is 1. The van der Waals surface area contributed by atoms with Gasteiger partial charge in [0.1, 0.15) is 10.7 Å². The van der Waals surface area contributed by atoms with Crippen molar-refractivity contribution in [1.29, 1.82) is 0 Å². The summed E-state index contributed by atoms with van der Waals surface area (Å²) in [4.78, 5) is 13.6. The Morgan fingerprint density at radius 2 is 1.70 bits per heavy atom. The van der Waals surface area contributed by atoms with Crippen LogP contribution in [-0.4, -0.2) is 72.0 Å². The van der Waals surface area contributed by atoms with Crippen LogP contribution in [0.3, 0.4) is 0 Å². The highest BCUT2D eigenvalue weighted by molar-refractivity contribution is 7.89. The largest absolute Gasteiger partial charge is 0.354 e. The first-order chi connectivity index (χ1) is 15.9. The van der Waals surface area contributed by atoms with Gasteiger partial charge in [0.15, 0.2) is 0 Å². The van der Waals surface area contributed by atoms with Crippen molar-refractivity contribution in [2.45, 2.75) is 32.2 Å². The molecule has 4 rings (SSSR count). The number of hydrogen-bond acceptors (Lipinski definition) is 8. The van der Waals surface area contributed by atoms with Crippen molar-refractivity contribution >= 4 is 15.8 Å². The van der Waals surface area contributed by atoms with Gasteiger partial charge in [-0.25, -0.2) is 13.4 Å². The molecule has 0 saturated carbocycles. The molecule has 3 heterocycles. The number of piperazine rings is 1. The van der Waals surface area contributed by atoms with E-state index in [9.17, 15) is 8.42 Å². The monoisotopic (exact) mass is 470 g/mol. The molecule has 0 atom stereocenters. The average molecular weight is 471 g/mol. The molecule has 1 aliphatic rings. The molecular weight excluding hydrogens is 440 g/mol. The van der Waals surface area contributed by atoms with Gasteiger partial charge in [-0.2, -0.15) is 9.29 Å². The number of aryl methyl sites for hydroxylation is 1.